The van der Waals surface area contributed by atoms with Gasteiger partial charge in [-0.3, -0.25) is 5.32 Å². The van der Waals surface area contributed by atoms with Crippen LogP contribution in [0.2, 0.25) is 5.02 Å². The average molecular weight is 579 g/mol. The van der Waals surface area contributed by atoms with Gasteiger partial charge in [0, 0.05) is 40.9 Å². The summed E-state index contributed by atoms with van der Waals surface area (Å²) in [6.07, 6.45) is 0. The number of urea groups is 1. The molecule has 0 unspecified atom stereocenters. The molecule has 15 heteroatoms. The summed E-state index contributed by atoms with van der Waals surface area (Å²) in [7, 11) is 0. The molecule has 1 aliphatic rings. The second-order valence-electron chi connectivity index (χ2n) is 8.39. The summed E-state index contributed by atoms with van der Waals surface area (Å²) in [5, 5.41) is 14.9. The maximum atomic E-state index is 12.6. The number of benzene rings is 2. The number of rotatable bonds is 6. The van der Waals surface area contributed by atoms with Gasteiger partial charge in [-0.05, 0) is 36.4 Å². The lowest BCUT2D eigenvalue weighted by Crippen LogP contribution is -2.37. The van der Waals surface area contributed by atoms with E-state index in [4.69, 9.17) is 25.2 Å². The van der Waals surface area contributed by atoms with Crippen LogP contribution in [-0.2, 0) is 4.74 Å². The number of halogens is 1. The number of nitrogens with one attached hydrogen (secondary N) is 2. The summed E-state index contributed by atoms with van der Waals surface area (Å²) in [5.41, 5.74) is 0.512. The van der Waals surface area contributed by atoms with Crippen molar-refractivity contribution in [3.05, 3.63) is 70.0 Å². The van der Waals surface area contributed by atoms with Crippen molar-refractivity contribution >= 4 is 57.9 Å². The van der Waals surface area contributed by atoms with Gasteiger partial charge in [0.05, 0.1) is 13.2 Å². The predicted molar refractivity (Wildman–Crippen MR) is 147 cm³/mol. The molecule has 0 spiro atoms. The Labute approximate surface area is 234 Å². The van der Waals surface area contributed by atoms with Crippen LogP contribution in [0.5, 0.6) is 0 Å². The molecule has 202 valence electrons. The van der Waals surface area contributed by atoms with Gasteiger partial charge >= 0.3 is 11.7 Å². The standard InChI is InChI=1S/C25H19ClN8O5S/c26-15-5-7-16(8-6-15)27-23(36)29-21-28-22(34-9-11-37-12-10-34)31-24(30-21)40-25-33-32-19(39-25)17-13-14-3-1-2-4-18(14)38-20(17)35/h1-8,13H,9-12H2,(H2,27,28,29,30,31,36). The lowest BCUT2D eigenvalue weighted by atomic mass is 10.2. The number of para-hydroxylation sites is 1. The van der Waals surface area contributed by atoms with Crippen molar-refractivity contribution in [3.63, 3.8) is 0 Å². The molecule has 0 atom stereocenters. The second-order valence-corrected chi connectivity index (χ2v) is 9.74. The maximum Gasteiger partial charge on any atom is 0.349 e. The fraction of sp³-hybridized carbons (Fsp3) is 0.160. The Morgan fingerprint density at radius 3 is 2.58 bits per heavy atom. The molecule has 0 aliphatic carbocycles. The van der Waals surface area contributed by atoms with Gasteiger partial charge in [0.15, 0.2) is 0 Å². The van der Waals surface area contributed by atoms with E-state index in [0.717, 1.165) is 11.8 Å². The van der Waals surface area contributed by atoms with E-state index < -0.39 is 11.7 Å². The number of ether oxygens (including phenoxy) is 1. The van der Waals surface area contributed by atoms with Gasteiger partial charge in [0.1, 0.15) is 11.1 Å². The SMILES string of the molecule is O=C(Nc1ccc(Cl)cc1)Nc1nc(Sc2nnc(-c3cc4ccccc4oc3=O)o2)nc(N2CCOCC2)n1. The summed E-state index contributed by atoms with van der Waals surface area (Å²) >= 11 is 6.87. The van der Waals surface area contributed by atoms with Crippen LogP contribution in [0.25, 0.3) is 22.4 Å². The van der Waals surface area contributed by atoms with Crippen molar-refractivity contribution in [2.24, 2.45) is 0 Å². The monoisotopic (exact) mass is 578 g/mol. The smallest absolute Gasteiger partial charge is 0.349 e. The Morgan fingerprint density at radius 2 is 1.75 bits per heavy atom. The third-order valence-electron chi connectivity index (χ3n) is 5.68. The predicted octanol–water partition coefficient (Wildman–Crippen LogP) is 4.31. The zero-order valence-electron chi connectivity index (χ0n) is 20.5. The number of morpholine rings is 1. The first-order chi connectivity index (χ1) is 19.5. The molecule has 0 saturated carbocycles. The highest BCUT2D eigenvalue weighted by atomic mass is 35.5. The van der Waals surface area contributed by atoms with Crippen molar-refractivity contribution in [1.29, 1.82) is 0 Å². The Kier molecular flexibility index (Phi) is 7.27. The topological polar surface area (TPSA) is 161 Å². The fourth-order valence-corrected chi connectivity index (χ4v) is 4.54. The number of aromatic nitrogens is 5. The molecule has 2 aromatic carbocycles. The fourth-order valence-electron chi connectivity index (χ4n) is 3.80. The molecule has 2 N–H and O–H groups in total. The van der Waals surface area contributed by atoms with E-state index in [1.54, 1.807) is 42.5 Å². The molecule has 5 aromatic rings. The minimum absolute atomic E-state index is 0.00912. The Bertz CT molecular complexity index is 1740. The summed E-state index contributed by atoms with van der Waals surface area (Å²) < 4.78 is 16.5. The first-order valence-corrected chi connectivity index (χ1v) is 13.2. The van der Waals surface area contributed by atoms with Gasteiger partial charge in [-0.25, -0.2) is 9.59 Å². The van der Waals surface area contributed by atoms with Crippen LogP contribution in [0, 0.1) is 0 Å². The number of amides is 2. The van der Waals surface area contributed by atoms with Gasteiger partial charge < -0.3 is 23.8 Å². The number of hydrogen-bond donors (Lipinski definition) is 2. The highest BCUT2D eigenvalue weighted by Gasteiger charge is 2.21. The Morgan fingerprint density at radius 1 is 0.950 bits per heavy atom. The molecule has 1 aliphatic heterocycles. The summed E-state index contributed by atoms with van der Waals surface area (Å²) in [6, 6.07) is 14.8. The molecule has 6 rings (SSSR count). The minimum Gasteiger partial charge on any atom is -0.422 e. The maximum absolute atomic E-state index is 12.6. The van der Waals surface area contributed by atoms with Crippen LogP contribution in [0.15, 0.2) is 78.6 Å². The van der Waals surface area contributed by atoms with Crippen LogP contribution in [0.1, 0.15) is 0 Å². The summed E-state index contributed by atoms with van der Waals surface area (Å²) in [5.74, 6) is 0.350. The molecule has 2 amide bonds. The lowest BCUT2D eigenvalue weighted by molar-refractivity contribution is 0.122. The minimum atomic E-state index is -0.605. The van der Waals surface area contributed by atoms with E-state index in [9.17, 15) is 9.59 Å². The van der Waals surface area contributed by atoms with Crippen molar-refractivity contribution in [3.8, 4) is 11.5 Å². The van der Waals surface area contributed by atoms with E-state index in [-0.39, 0.29) is 27.8 Å². The van der Waals surface area contributed by atoms with Gasteiger partial charge in [-0.2, -0.15) is 15.0 Å². The number of carbonyl (C=O) groups is 1. The van der Waals surface area contributed by atoms with Gasteiger partial charge in [0.2, 0.25) is 17.1 Å². The highest BCUT2D eigenvalue weighted by molar-refractivity contribution is 7.98. The normalized spacial score (nSPS) is 13.4. The highest BCUT2D eigenvalue weighted by Crippen LogP contribution is 2.29. The van der Waals surface area contributed by atoms with Gasteiger partial charge in [-0.15, -0.1) is 10.2 Å². The van der Waals surface area contributed by atoms with E-state index in [0.29, 0.717) is 53.9 Å². The third-order valence-corrected chi connectivity index (χ3v) is 6.64. The van der Waals surface area contributed by atoms with Crippen molar-refractivity contribution < 1.29 is 18.4 Å². The molecule has 4 heterocycles. The first-order valence-electron chi connectivity index (χ1n) is 12.0. The molecule has 1 fully saturated rings. The molecule has 0 bridgehead atoms. The third kappa shape index (κ3) is 5.88. The number of nitrogens with zero attached hydrogens (tertiary/aromatic N) is 6. The quantitative estimate of drug-likeness (QED) is 0.275. The summed E-state index contributed by atoms with van der Waals surface area (Å²) in [4.78, 5) is 40.3. The number of fused-ring (bicyclic) bond motifs is 1. The number of hydrogen-bond acceptors (Lipinski definition) is 12. The van der Waals surface area contributed by atoms with E-state index in [2.05, 4.69) is 35.8 Å². The molecule has 40 heavy (non-hydrogen) atoms. The van der Waals surface area contributed by atoms with Gasteiger partial charge in [0.25, 0.3) is 11.1 Å². The van der Waals surface area contributed by atoms with E-state index in [1.807, 2.05) is 17.0 Å². The van der Waals surface area contributed by atoms with Crippen LogP contribution in [0.4, 0.5) is 22.4 Å². The first kappa shape index (κ1) is 25.7. The molecular weight excluding hydrogens is 560 g/mol. The van der Waals surface area contributed by atoms with E-state index >= 15 is 0 Å². The Balaban J connectivity index is 1.25. The Hall–Kier alpha value is -4.53. The molecular formula is C25H19ClN8O5S. The van der Waals surface area contributed by atoms with Crippen molar-refractivity contribution in [2.45, 2.75) is 10.4 Å². The summed E-state index contributed by atoms with van der Waals surface area (Å²) in [6.45, 7) is 2.14. The zero-order chi connectivity index (χ0) is 27.5. The van der Waals surface area contributed by atoms with Crippen LogP contribution >= 0.6 is 23.4 Å². The molecule has 3 aromatic heterocycles. The molecule has 13 nitrogen and oxygen atoms in total. The van der Waals surface area contributed by atoms with Crippen LogP contribution in [-0.4, -0.2) is 57.5 Å². The van der Waals surface area contributed by atoms with Crippen LogP contribution < -0.4 is 21.2 Å². The van der Waals surface area contributed by atoms with Crippen molar-refractivity contribution in [1.82, 2.24) is 25.1 Å². The average Bonchev–Trinajstić information content (AvgIpc) is 3.42. The zero-order valence-corrected chi connectivity index (χ0v) is 22.1. The number of carbonyl (C=O) groups excluding carboxylic acids is 1. The largest absolute Gasteiger partial charge is 0.422 e. The lowest BCUT2D eigenvalue weighted by Gasteiger charge is -2.26. The number of anilines is 3. The molecule has 0 radical (unpaired) electrons. The molecule has 1 saturated heterocycles. The van der Waals surface area contributed by atoms with E-state index in [1.165, 1.54) is 0 Å². The van der Waals surface area contributed by atoms with Crippen molar-refractivity contribution in [2.75, 3.05) is 41.8 Å². The van der Waals surface area contributed by atoms with Crippen LogP contribution in [0.3, 0.4) is 0 Å². The second kappa shape index (κ2) is 11.3. The van der Waals surface area contributed by atoms with Gasteiger partial charge in [-0.1, -0.05) is 29.8 Å².